The van der Waals surface area contributed by atoms with Gasteiger partial charge in [0.2, 0.25) is 0 Å². The Kier molecular flexibility index (Phi) is 7.22. The molecule has 0 aliphatic rings. The predicted octanol–water partition coefficient (Wildman–Crippen LogP) is 4.60. The lowest BCUT2D eigenvalue weighted by Crippen LogP contribution is -1.98. The van der Waals surface area contributed by atoms with Gasteiger partial charge < -0.3 is 4.74 Å². The lowest BCUT2D eigenvalue weighted by Gasteiger charge is -2.03. The van der Waals surface area contributed by atoms with E-state index in [4.69, 9.17) is 4.74 Å². The minimum absolute atomic E-state index is 0.105. The Morgan fingerprint density at radius 3 is 2.55 bits per heavy atom. The van der Waals surface area contributed by atoms with Gasteiger partial charge in [-0.25, -0.2) is 0 Å². The summed E-state index contributed by atoms with van der Waals surface area (Å²) in [5.41, 5.74) is -0.105. The molecule has 0 N–H and O–H groups in total. The van der Waals surface area contributed by atoms with Crippen LogP contribution in [0.5, 0.6) is 5.06 Å². The van der Waals surface area contributed by atoms with E-state index < -0.39 is 4.92 Å². The average molecular weight is 299 g/mol. The lowest BCUT2D eigenvalue weighted by atomic mass is 10.1. The van der Waals surface area contributed by atoms with Crippen molar-refractivity contribution in [1.29, 1.82) is 0 Å². The molecule has 1 rings (SSSR count). The molecule has 5 nitrogen and oxygen atoms in total. The van der Waals surface area contributed by atoms with Crippen molar-refractivity contribution in [3.8, 4) is 5.06 Å². The van der Waals surface area contributed by atoms with Crippen LogP contribution in [0.1, 0.15) is 62.0 Å². The molecular formula is C14H21NO4S. The number of carbonyl (C=O) groups is 1. The molecule has 0 spiro atoms. The highest BCUT2D eigenvalue weighted by atomic mass is 32.1. The van der Waals surface area contributed by atoms with E-state index in [2.05, 4.69) is 6.92 Å². The fourth-order valence-electron chi connectivity index (χ4n) is 1.82. The summed E-state index contributed by atoms with van der Waals surface area (Å²) in [6.07, 6.45) is 6.81. The van der Waals surface area contributed by atoms with Crippen LogP contribution in [0.15, 0.2) is 6.07 Å². The second kappa shape index (κ2) is 8.68. The highest BCUT2D eigenvalue weighted by Crippen LogP contribution is 2.37. The van der Waals surface area contributed by atoms with Crippen LogP contribution >= 0.6 is 11.3 Å². The van der Waals surface area contributed by atoms with Crippen molar-refractivity contribution in [2.45, 2.75) is 52.4 Å². The van der Waals surface area contributed by atoms with Crippen molar-refractivity contribution in [3.63, 3.8) is 0 Å². The van der Waals surface area contributed by atoms with Crippen LogP contribution in [0.25, 0.3) is 0 Å². The number of hydrogen-bond donors (Lipinski definition) is 0. The van der Waals surface area contributed by atoms with Gasteiger partial charge in [-0.05, 0) is 13.3 Å². The monoisotopic (exact) mass is 299 g/mol. The average Bonchev–Trinajstić information content (AvgIpc) is 2.82. The standard InChI is InChI=1S/C14H21NO4S/c1-3-4-5-6-7-8-9-19-14-12(15(17)18)10-13(20-14)11(2)16/h10H,3-9H2,1-2H3. The molecule has 0 unspecified atom stereocenters. The fraction of sp³-hybridized carbons (Fsp3) is 0.643. The number of rotatable bonds is 10. The zero-order valence-corrected chi connectivity index (χ0v) is 12.8. The Morgan fingerprint density at radius 2 is 1.95 bits per heavy atom. The number of ether oxygens (including phenoxy) is 1. The van der Waals surface area contributed by atoms with Gasteiger partial charge in [-0.2, -0.15) is 0 Å². The molecule has 0 saturated heterocycles. The van der Waals surface area contributed by atoms with E-state index in [0.29, 0.717) is 11.5 Å². The predicted molar refractivity (Wildman–Crippen MR) is 79.8 cm³/mol. The van der Waals surface area contributed by atoms with Gasteiger partial charge in [0.05, 0.1) is 16.4 Å². The van der Waals surface area contributed by atoms with E-state index in [1.165, 1.54) is 38.7 Å². The van der Waals surface area contributed by atoms with Gasteiger partial charge in [0, 0.05) is 6.07 Å². The first-order valence-corrected chi connectivity index (χ1v) is 7.79. The van der Waals surface area contributed by atoms with Gasteiger partial charge in [-0.15, -0.1) is 0 Å². The van der Waals surface area contributed by atoms with Crippen molar-refractivity contribution < 1.29 is 14.5 Å². The molecule has 0 fully saturated rings. The van der Waals surface area contributed by atoms with Crippen LogP contribution < -0.4 is 4.74 Å². The first-order valence-electron chi connectivity index (χ1n) is 6.98. The third-order valence-corrected chi connectivity index (χ3v) is 4.09. The van der Waals surface area contributed by atoms with Crippen molar-refractivity contribution >= 4 is 22.8 Å². The molecular weight excluding hydrogens is 278 g/mol. The van der Waals surface area contributed by atoms with Crippen LogP contribution in [0, 0.1) is 10.1 Å². The molecule has 20 heavy (non-hydrogen) atoms. The summed E-state index contributed by atoms with van der Waals surface area (Å²) in [4.78, 5) is 22.0. The SMILES string of the molecule is CCCCCCCCOc1sc(C(C)=O)cc1[N+](=O)[O-]. The van der Waals surface area contributed by atoms with Crippen molar-refractivity contribution in [1.82, 2.24) is 0 Å². The molecule has 1 aromatic heterocycles. The third-order valence-electron chi connectivity index (χ3n) is 2.95. The quantitative estimate of drug-likeness (QED) is 0.274. The van der Waals surface area contributed by atoms with Crippen LogP contribution in [0.2, 0.25) is 0 Å². The maximum Gasteiger partial charge on any atom is 0.323 e. The summed E-state index contributed by atoms with van der Waals surface area (Å²) in [5, 5.41) is 11.1. The molecule has 0 aromatic carbocycles. The first kappa shape index (κ1) is 16.6. The Labute approximate surface area is 123 Å². The van der Waals surface area contributed by atoms with Gasteiger partial charge in [0.15, 0.2) is 5.78 Å². The largest absolute Gasteiger partial charge is 0.479 e. The van der Waals surface area contributed by atoms with E-state index in [1.54, 1.807) is 0 Å². The summed E-state index contributed by atoms with van der Waals surface area (Å²) >= 11 is 1.05. The van der Waals surface area contributed by atoms with Crippen LogP contribution in [-0.4, -0.2) is 17.3 Å². The van der Waals surface area contributed by atoms with Gasteiger partial charge >= 0.3 is 5.69 Å². The van der Waals surface area contributed by atoms with Crippen molar-refractivity contribution in [2.24, 2.45) is 0 Å². The van der Waals surface area contributed by atoms with E-state index >= 15 is 0 Å². The first-order chi connectivity index (χ1) is 9.56. The third kappa shape index (κ3) is 5.28. The molecule has 0 amide bonds. The lowest BCUT2D eigenvalue weighted by molar-refractivity contribution is -0.385. The topological polar surface area (TPSA) is 69.4 Å². The van der Waals surface area contributed by atoms with E-state index in [-0.39, 0.29) is 16.5 Å². The summed E-state index contributed by atoms with van der Waals surface area (Å²) in [6.45, 7) is 4.03. The van der Waals surface area contributed by atoms with E-state index in [0.717, 1.165) is 24.2 Å². The highest BCUT2D eigenvalue weighted by molar-refractivity contribution is 7.16. The maximum atomic E-state index is 11.2. The van der Waals surface area contributed by atoms with Crippen LogP contribution in [0.3, 0.4) is 0 Å². The van der Waals surface area contributed by atoms with Crippen molar-refractivity contribution in [3.05, 3.63) is 21.1 Å². The number of hydrogen-bond acceptors (Lipinski definition) is 5. The minimum atomic E-state index is -0.500. The smallest absolute Gasteiger partial charge is 0.323 e. The highest BCUT2D eigenvalue weighted by Gasteiger charge is 2.22. The molecule has 0 aliphatic carbocycles. The molecule has 0 bridgehead atoms. The summed E-state index contributed by atoms with van der Waals surface area (Å²) in [5.74, 6) is -0.174. The molecule has 0 radical (unpaired) electrons. The Balaban J connectivity index is 2.42. The van der Waals surface area contributed by atoms with Gasteiger partial charge in [0.25, 0.3) is 5.06 Å². The zero-order chi connectivity index (χ0) is 15.0. The zero-order valence-electron chi connectivity index (χ0n) is 12.0. The normalized spacial score (nSPS) is 10.5. The molecule has 112 valence electrons. The molecule has 0 atom stereocenters. The summed E-state index contributed by atoms with van der Waals surface area (Å²) < 4.78 is 5.46. The molecule has 0 aliphatic heterocycles. The van der Waals surface area contributed by atoms with Crippen LogP contribution in [-0.2, 0) is 0 Å². The maximum absolute atomic E-state index is 11.2. The van der Waals surface area contributed by atoms with Gasteiger partial charge in [0.1, 0.15) is 0 Å². The van der Waals surface area contributed by atoms with Crippen LogP contribution in [0.4, 0.5) is 5.69 Å². The second-order valence-electron chi connectivity index (χ2n) is 4.71. The fourth-order valence-corrected chi connectivity index (χ4v) is 2.71. The molecule has 1 heterocycles. The molecule has 1 aromatic rings. The summed E-state index contributed by atoms with van der Waals surface area (Å²) in [6, 6.07) is 1.30. The van der Waals surface area contributed by atoms with Crippen molar-refractivity contribution in [2.75, 3.05) is 6.61 Å². The number of carbonyl (C=O) groups excluding carboxylic acids is 1. The molecule has 6 heteroatoms. The number of Topliss-reactive ketones (excluding diaryl/α,β-unsaturated/α-hetero) is 1. The summed E-state index contributed by atoms with van der Waals surface area (Å²) in [7, 11) is 0. The number of ketones is 1. The van der Waals surface area contributed by atoms with E-state index in [1.807, 2.05) is 0 Å². The number of nitro groups is 1. The number of thiophene rings is 1. The number of nitrogens with zero attached hydrogens (tertiary/aromatic N) is 1. The number of unbranched alkanes of at least 4 members (excludes halogenated alkanes) is 5. The Morgan fingerprint density at radius 1 is 1.30 bits per heavy atom. The minimum Gasteiger partial charge on any atom is -0.479 e. The second-order valence-corrected chi connectivity index (χ2v) is 5.73. The van der Waals surface area contributed by atoms with Gasteiger partial charge in [-0.3, -0.25) is 14.9 Å². The van der Waals surface area contributed by atoms with Gasteiger partial charge in [-0.1, -0.05) is 50.4 Å². The molecule has 0 saturated carbocycles. The van der Waals surface area contributed by atoms with E-state index in [9.17, 15) is 14.9 Å². The Hall–Kier alpha value is -1.43. The Bertz CT molecular complexity index is 456.